The predicted molar refractivity (Wildman–Crippen MR) is 169 cm³/mol. The molecule has 47 heavy (non-hydrogen) atoms. The zero-order valence-corrected chi connectivity index (χ0v) is 27.2. The summed E-state index contributed by atoms with van der Waals surface area (Å²) in [6.45, 7) is 10.9. The van der Waals surface area contributed by atoms with Crippen molar-refractivity contribution in [2.75, 3.05) is 18.5 Å². The molecular weight excluding hydrogens is 610 g/mol. The summed E-state index contributed by atoms with van der Waals surface area (Å²) in [4.78, 5) is 68.7. The summed E-state index contributed by atoms with van der Waals surface area (Å²) in [7, 11) is 0. The topological polar surface area (TPSA) is 167 Å². The van der Waals surface area contributed by atoms with Crippen molar-refractivity contribution in [1.29, 1.82) is 0 Å². The molecule has 0 spiro atoms. The van der Waals surface area contributed by atoms with Crippen LogP contribution < -0.4 is 15.4 Å². The van der Waals surface area contributed by atoms with Gasteiger partial charge < -0.3 is 24.8 Å². The Morgan fingerprint density at radius 2 is 1.49 bits per heavy atom. The minimum absolute atomic E-state index is 0.166. The van der Waals surface area contributed by atoms with Crippen LogP contribution in [-0.2, 0) is 25.7 Å². The number of fused-ring (bicyclic) bond motifs is 1. The number of carbonyl (C=O) groups excluding carboxylic acids is 5. The molecular formula is C33H39N5O9. The van der Waals surface area contributed by atoms with Gasteiger partial charge in [0.15, 0.2) is 0 Å². The molecule has 0 saturated carbocycles. The lowest BCUT2D eigenvalue weighted by molar-refractivity contribution is -0.193. The van der Waals surface area contributed by atoms with Crippen LogP contribution in [0.25, 0.3) is 0 Å². The highest BCUT2D eigenvalue weighted by Gasteiger charge is 2.40. The van der Waals surface area contributed by atoms with Crippen molar-refractivity contribution in [1.82, 2.24) is 20.2 Å². The Bertz CT molecular complexity index is 1590. The van der Waals surface area contributed by atoms with E-state index in [0.717, 1.165) is 0 Å². The number of anilines is 1. The van der Waals surface area contributed by atoms with E-state index in [1.807, 2.05) is 0 Å². The summed E-state index contributed by atoms with van der Waals surface area (Å²) >= 11 is 0. The summed E-state index contributed by atoms with van der Waals surface area (Å²) < 4.78 is 18.0. The molecule has 3 aromatic rings. The summed E-state index contributed by atoms with van der Waals surface area (Å²) in [5, 5.41) is 10.2. The third-order valence-electron chi connectivity index (χ3n) is 6.30. The SMILES string of the molecule is CC(C)(C)OC(=O)NCCCn1cc(C(=O)Nc2ccc(OC[C@H](ON3C(=O)c4ccccc4C3=O)C(=O)OC(C)(C)C)cc2)cn1. The molecule has 250 valence electrons. The highest BCUT2D eigenvalue weighted by Crippen LogP contribution is 2.25. The molecule has 2 aromatic carbocycles. The van der Waals surface area contributed by atoms with Crippen LogP contribution in [0.2, 0.25) is 0 Å². The number of aromatic nitrogens is 2. The number of benzene rings is 2. The molecule has 0 radical (unpaired) electrons. The number of hydroxylamine groups is 2. The zero-order valence-electron chi connectivity index (χ0n) is 27.2. The van der Waals surface area contributed by atoms with E-state index in [1.165, 1.54) is 18.3 Å². The van der Waals surface area contributed by atoms with Crippen LogP contribution in [0.15, 0.2) is 60.9 Å². The normalized spacial score (nSPS) is 13.5. The van der Waals surface area contributed by atoms with E-state index in [9.17, 15) is 24.0 Å². The average Bonchev–Trinajstić information content (AvgIpc) is 3.55. The lowest BCUT2D eigenvalue weighted by atomic mass is 10.1. The van der Waals surface area contributed by atoms with Crippen molar-refractivity contribution < 1.29 is 43.0 Å². The minimum Gasteiger partial charge on any atom is -0.490 e. The van der Waals surface area contributed by atoms with Gasteiger partial charge in [0.25, 0.3) is 17.7 Å². The Hall–Kier alpha value is -5.24. The molecule has 2 N–H and O–H groups in total. The smallest absolute Gasteiger partial charge is 0.407 e. The van der Waals surface area contributed by atoms with Crippen LogP contribution in [0.4, 0.5) is 10.5 Å². The van der Waals surface area contributed by atoms with Gasteiger partial charge in [-0.3, -0.25) is 19.1 Å². The first kappa shape index (κ1) is 34.6. The lowest BCUT2D eigenvalue weighted by Gasteiger charge is -2.26. The zero-order chi connectivity index (χ0) is 34.4. The Morgan fingerprint density at radius 3 is 2.09 bits per heavy atom. The molecule has 1 aliphatic rings. The maximum absolute atomic E-state index is 13.0. The van der Waals surface area contributed by atoms with Crippen LogP contribution in [0.3, 0.4) is 0 Å². The monoisotopic (exact) mass is 649 g/mol. The molecule has 14 nitrogen and oxygen atoms in total. The number of hydrogen-bond acceptors (Lipinski definition) is 10. The maximum atomic E-state index is 13.0. The largest absolute Gasteiger partial charge is 0.490 e. The summed E-state index contributed by atoms with van der Waals surface area (Å²) in [6.07, 6.45) is 1.69. The van der Waals surface area contributed by atoms with Gasteiger partial charge in [-0.25, -0.2) is 14.4 Å². The number of ether oxygens (including phenoxy) is 3. The van der Waals surface area contributed by atoms with Gasteiger partial charge in [-0.1, -0.05) is 12.1 Å². The third kappa shape index (κ3) is 9.87. The highest BCUT2D eigenvalue weighted by molar-refractivity contribution is 6.20. The number of aryl methyl sites for hydroxylation is 1. The number of carbonyl (C=O) groups is 5. The molecule has 14 heteroatoms. The van der Waals surface area contributed by atoms with Crippen molar-refractivity contribution in [3.05, 3.63) is 77.6 Å². The second-order valence-corrected chi connectivity index (χ2v) is 12.6. The third-order valence-corrected chi connectivity index (χ3v) is 6.30. The Morgan fingerprint density at radius 1 is 0.872 bits per heavy atom. The number of rotatable bonds is 12. The molecule has 1 aliphatic heterocycles. The number of nitrogens with zero attached hydrogens (tertiary/aromatic N) is 3. The quantitative estimate of drug-likeness (QED) is 0.163. The lowest BCUT2D eigenvalue weighted by Crippen LogP contribution is -2.43. The average molecular weight is 650 g/mol. The molecule has 4 rings (SSSR count). The van der Waals surface area contributed by atoms with Gasteiger partial charge in [-0.15, -0.1) is 5.06 Å². The van der Waals surface area contributed by atoms with Gasteiger partial charge >= 0.3 is 12.1 Å². The fourth-order valence-corrected chi connectivity index (χ4v) is 4.26. The van der Waals surface area contributed by atoms with Crippen molar-refractivity contribution in [2.45, 2.75) is 71.8 Å². The number of amides is 4. The highest BCUT2D eigenvalue weighted by atomic mass is 16.7. The van der Waals surface area contributed by atoms with Gasteiger partial charge in [-0.2, -0.15) is 5.10 Å². The van der Waals surface area contributed by atoms with E-state index < -0.39 is 41.2 Å². The number of hydrogen-bond donors (Lipinski definition) is 2. The Kier molecular flexibility index (Phi) is 10.7. The van der Waals surface area contributed by atoms with E-state index in [4.69, 9.17) is 19.0 Å². The minimum atomic E-state index is -1.44. The van der Waals surface area contributed by atoms with Gasteiger partial charge in [0, 0.05) is 25.0 Å². The molecule has 4 amide bonds. The predicted octanol–water partition coefficient (Wildman–Crippen LogP) is 4.37. The summed E-state index contributed by atoms with van der Waals surface area (Å²) in [5.41, 5.74) is -0.291. The van der Waals surface area contributed by atoms with E-state index >= 15 is 0 Å². The van der Waals surface area contributed by atoms with Crippen LogP contribution >= 0.6 is 0 Å². The fourth-order valence-electron chi connectivity index (χ4n) is 4.26. The first-order chi connectivity index (χ1) is 22.1. The summed E-state index contributed by atoms with van der Waals surface area (Å²) in [6, 6.07) is 12.6. The summed E-state index contributed by atoms with van der Waals surface area (Å²) in [5.74, 6) is -2.26. The molecule has 2 heterocycles. The Balaban J connectivity index is 1.30. The maximum Gasteiger partial charge on any atom is 0.407 e. The van der Waals surface area contributed by atoms with Crippen molar-refractivity contribution in [3.63, 3.8) is 0 Å². The van der Waals surface area contributed by atoms with Crippen LogP contribution in [-0.4, -0.2) is 75.1 Å². The van der Waals surface area contributed by atoms with Crippen molar-refractivity contribution in [2.24, 2.45) is 0 Å². The number of nitrogens with one attached hydrogen (secondary N) is 2. The number of imide groups is 1. The molecule has 0 aliphatic carbocycles. The van der Waals surface area contributed by atoms with Gasteiger partial charge in [0.2, 0.25) is 6.10 Å². The van der Waals surface area contributed by atoms with E-state index in [1.54, 1.807) is 88.8 Å². The first-order valence-electron chi connectivity index (χ1n) is 15.0. The van der Waals surface area contributed by atoms with Crippen LogP contribution in [0.1, 0.15) is 79.0 Å². The van der Waals surface area contributed by atoms with Crippen molar-refractivity contribution in [3.8, 4) is 5.75 Å². The first-order valence-corrected chi connectivity index (χ1v) is 15.0. The molecule has 0 unspecified atom stereocenters. The number of alkyl carbamates (subject to hydrolysis) is 1. The molecule has 1 atom stereocenters. The van der Waals surface area contributed by atoms with Crippen LogP contribution in [0.5, 0.6) is 5.75 Å². The van der Waals surface area contributed by atoms with E-state index in [0.29, 0.717) is 41.6 Å². The van der Waals surface area contributed by atoms with Gasteiger partial charge in [-0.05, 0) is 84.4 Å². The second-order valence-electron chi connectivity index (χ2n) is 12.6. The fraction of sp³-hybridized carbons (Fsp3) is 0.394. The molecule has 0 saturated heterocycles. The van der Waals surface area contributed by atoms with Gasteiger partial charge in [0.1, 0.15) is 23.6 Å². The number of esters is 1. The molecule has 1 aromatic heterocycles. The van der Waals surface area contributed by atoms with E-state index in [2.05, 4.69) is 15.7 Å². The second kappa shape index (κ2) is 14.5. The Labute approximate surface area is 272 Å². The molecule has 0 fully saturated rings. The standard InChI is InChI=1S/C33H39N5O9/c1-32(2,3)45-30(42)26(47-38-28(40)24-10-7-8-11-25(24)29(38)41)20-44-23-14-12-22(13-15-23)36-27(39)21-18-35-37(19-21)17-9-16-34-31(43)46-33(4,5)6/h7-8,10-15,18-19,26H,9,16-17,20H2,1-6H3,(H,34,43)(H,36,39)/t26-/m0/s1. The van der Waals surface area contributed by atoms with Crippen LogP contribution in [0, 0.1) is 0 Å². The van der Waals surface area contributed by atoms with E-state index in [-0.39, 0.29) is 23.6 Å². The van der Waals surface area contributed by atoms with Gasteiger partial charge in [0.05, 0.1) is 22.9 Å². The molecule has 0 bridgehead atoms. The van der Waals surface area contributed by atoms with Crippen molar-refractivity contribution >= 4 is 35.5 Å².